The van der Waals surface area contributed by atoms with E-state index in [2.05, 4.69) is 34.2 Å². The van der Waals surface area contributed by atoms with E-state index in [1.54, 1.807) is 0 Å². The zero-order valence-corrected chi connectivity index (χ0v) is 20.8. The first-order chi connectivity index (χ1) is 16.6. The van der Waals surface area contributed by atoms with Crippen LogP contribution in [0.5, 0.6) is 0 Å². The van der Waals surface area contributed by atoms with Gasteiger partial charge in [0.1, 0.15) is 11.6 Å². The Balaban J connectivity index is 1.22. The smallest absolute Gasteiger partial charge is 0.258 e. The van der Waals surface area contributed by atoms with Crippen molar-refractivity contribution >= 4 is 35.0 Å². The molecule has 2 aliphatic heterocycles. The molecular weight excluding hydrogens is 444 g/mol. The van der Waals surface area contributed by atoms with Crippen LogP contribution < -0.4 is 15.1 Å². The number of hydrogen-bond acceptors (Lipinski definition) is 6. The van der Waals surface area contributed by atoms with Crippen molar-refractivity contribution in [2.45, 2.75) is 61.7 Å². The van der Waals surface area contributed by atoms with Crippen LogP contribution in [-0.2, 0) is 4.74 Å². The minimum absolute atomic E-state index is 0.0790. The summed E-state index contributed by atoms with van der Waals surface area (Å²) in [6, 6.07) is 12.2. The third kappa shape index (κ3) is 4.91. The molecule has 2 saturated heterocycles. The van der Waals surface area contributed by atoms with Gasteiger partial charge in [0.25, 0.3) is 5.91 Å². The molecule has 2 aliphatic carbocycles. The van der Waals surface area contributed by atoms with Crippen LogP contribution in [0.1, 0.15) is 55.8 Å². The predicted octanol–water partition coefficient (Wildman–Crippen LogP) is 5.19. The van der Waals surface area contributed by atoms with Gasteiger partial charge < -0.3 is 19.9 Å². The molecule has 7 heteroatoms. The maximum atomic E-state index is 13.5. The Hall–Kier alpha value is -2.25. The predicted molar refractivity (Wildman–Crippen MR) is 138 cm³/mol. The van der Waals surface area contributed by atoms with Crippen molar-refractivity contribution in [2.24, 2.45) is 5.41 Å². The number of amides is 1. The first kappa shape index (κ1) is 22.2. The number of thioether (sulfide) groups is 1. The third-order valence-electron chi connectivity index (χ3n) is 7.70. The second-order valence-corrected chi connectivity index (χ2v) is 11.8. The summed E-state index contributed by atoms with van der Waals surface area (Å²) in [6.45, 7) is 6.49. The average molecular weight is 479 g/mol. The molecule has 1 spiro atoms. The number of benzene rings is 1. The summed E-state index contributed by atoms with van der Waals surface area (Å²) in [5.41, 5.74) is 2.44. The van der Waals surface area contributed by atoms with E-state index in [1.165, 1.54) is 43.4 Å². The van der Waals surface area contributed by atoms with Crippen molar-refractivity contribution in [1.29, 1.82) is 0 Å². The number of carbonyl (C=O) groups is 1. The van der Waals surface area contributed by atoms with Gasteiger partial charge in [0.2, 0.25) is 0 Å². The molecule has 0 bridgehead atoms. The Morgan fingerprint density at radius 2 is 1.91 bits per heavy atom. The second-order valence-electron chi connectivity index (χ2n) is 10.4. The molecule has 2 aromatic rings. The monoisotopic (exact) mass is 478 g/mol. The molecule has 6 rings (SSSR count). The highest BCUT2D eigenvalue weighted by atomic mass is 32.2. The number of morpholine rings is 1. The highest BCUT2D eigenvalue weighted by Crippen LogP contribution is 2.54. The Bertz CT molecular complexity index is 1060. The number of hydrogen-bond donors (Lipinski definition) is 1. The van der Waals surface area contributed by atoms with E-state index in [0.717, 1.165) is 48.5 Å². The number of anilines is 3. The molecule has 0 radical (unpaired) electrons. The van der Waals surface area contributed by atoms with Crippen molar-refractivity contribution in [2.75, 3.05) is 47.9 Å². The first-order valence-electron chi connectivity index (χ1n) is 12.8. The molecule has 1 unspecified atom stereocenters. The van der Waals surface area contributed by atoms with Crippen LogP contribution in [-0.4, -0.2) is 55.0 Å². The van der Waals surface area contributed by atoms with Gasteiger partial charge in [-0.05, 0) is 81.2 Å². The summed E-state index contributed by atoms with van der Waals surface area (Å²) in [4.78, 5) is 24.2. The number of pyridine rings is 1. The zero-order chi connectivity index (χ0) is 23.1. The molecule has 180 valence electrons. The molecule has 4 aliphatic rings. The van der Waals surface area contributed by atoms with Gasteiger partial charge in [0, 0.05) is 36.3 Å². The van der Waals surface area contributed by atoms with Crippen LogP contribution in [0.25, 0.3) is 0 Å². The summed E-state index contributed by atoms with van der Waals surface area (Å²) >= 11 is 1.96. The number of carbonyl (C=O) groups excluding carboxylic acids is 1. The molecule has 4 fully saturated rings. The van der Waals surface area contributed by atoms with Crippen LogP contribution in [0.4, 0.5) is 17.3 Å². The van der Waals surface area contributed by atoms with Crippen molar-refractivity contribution < 1.29 is 9.53 Å². The summed E-state index contributed by atoms with van der Waals surface area (Å²) in [5, 5.41) is 3.84. The standard InChI is InChI=1S/C27H34N4O2S/c1-19-18-31(15-16-33-19)25-4-2-3-24(28-25)29-26(32)22-8-7-21(34-20-5-6-20)17-23(22)30-13-11-27(9-10-27)12-14-30/h2-4,7-8,17,19-20H,5-6,9-16,18H2,1H3,(H,28,29,32). The molecule has 2 saturated carbocycles. The van der Waals surface area contributed by atoms with Gasteiger partial charge in [-0.1, -0.05) is 6.07 Å². The number of rotatable bonds is 6. The summed E-state index contributed by atoms with van der Waals surface area (Å²) in [7, 11) is 0. The van der Waals surface area contributed by atoms with E-state index in [4.69, 9.17) is 9.72 Å². The second kappa shape index (κ2) is 9.08. The topological polar surface area (TPSA) is 57.7 Å². The molecule has 3 heterocycles. The summed E-state index contributed by atoms with van der Waals surface area (Å²) in [6.07, 6.45) is 8.05. The highest BCUT2D eigenvalue weighted by molar-refractivity contribution is 8.00. The Morgan fingerprint density at radius 3 is 2.65 bits per heavy atom. The minimum atomic E-state index is -0.0790. The van der Waals surface area contributed by atoms with Gasteiger partial charge in [-0.15, -0.1) is 11.8 Å². The number of aromatic nitrogens is 1. The van der Waals surface area contributed by atoms with Crippen LogP contribution in [0.15, 0.2) is 41.3 Å². The summed E-state index contributed by atoms with van der Waals surface area (Å²) < 4.78 is 5.66. The molecule has 1 aromatic heterocycles. The highest BCUT2D eigenvalue weighted by Gasteiger charge is 2.44. The molecule has 34 heavy (non-hydrogen) atoms. The molecule has 1 aromatic carbocycles. The molecular formula is C27H34N4O2S. The van der Waals surface area contributed by atoms with Crippen LogP contribution >= 0.6 is 11.8 Å². The lowest BCUT2D eigenvalue weighted by molar-refractivity contribution is 0.0529. The largest absolute Gasteiger partial charge is 0.375 e. The van der Waals surface area contributed by atoms with Crippen molar-refractivity contribution in [3.63, 3.8) is 0 Å². The van der Waals surface area contributed by atoms with Gasteiger partial charge in [-0.2, -0.15) is 0 Å². The number of nitrogens with one attached hydrogen (secondary N) is 1. The third-order valence-corrected chi connectivity index (χ3v) is 9.03. The molecule has 1 atom stereocenters. The molecule has 1 N–H and O–H groups in total. The Kier molecular flexibility index (Phi) is 5.94. The van der Waals surface area contributed by atoms with Crippen LogP contribution in [0.2, 0.25) is 0 Å². The van der Waals surface area contributed by atoms with Crippen molar-refractivity contribution in [1.82, 2.24) is 4.98 Å². The maximum absolute atomic E-state index is 13.5. The van der Waals surface area contributed by atoms with Gasteiger partial charge in [0.15, 0.2) is 0 Å². The fourth-order valence-corrected chi connectivity index (χ4v) is 6.28. The number of ether oxygens (including phenoxy) is 1. The fourth-order valence-electron chi connectivity index (χ4n) is 5.19. The fraction of sp³-hybridized carbons (Fsp3) is 0.556. The zero-order valence-electron chi connectivity index (χ0n) is 20.0. The normalized spacial score (nSPS) is 23.7. The van der Waals surface area contributed by atoms with Gasteiger partial charge in [0.05, 0.1) is 24.0 Å². The van der Waals surface area contributed by atoms with Gasteiger partial charge >= 0.3 is 0 Å². The van der Waals surface area contributed by atoms with Gasteiger partial charge in [-0.25, -0.2) is 4.98 Å². The average Bonchev–Trinajstić information content (AvgIpc) is 3.79. The van der Waals surface area contributed by atoms with E-state index in [0.29, 0.717) is 17.8 Å². The molecule has 6 nitrogen and oxygen atoms in total. The SMILES string of the molecule is CC1CN(c2cccc(NC(=O)c3ccc(SC4CC4)cc3N3CCC4(CC3)CC4)n2)CCO1. The lowest BCUT2D eigenvalue weighted by Crippen LogP contribution is -2.41. The van der Waals surface area contributed by atoms with Crippen molar-refractivity contribution in [3.05, 3.63) is 42.0 Å². The Morgan fingerprint density at radius 1 is 1.09 bits per heavy atom. The minimum Gasteiger partial charge on any atom is -0.375 e. The maximum Gasteiger partial charge on any atom is 0.258 e. The number of nitrogens with zero attached hydrogens (tertiary/aromatic N) is 3. The van der Waals surface area contributed by atoms with Gasteiger partial charge in [-0.3, -0.25) is 4.79 Å². The van der Waals surface area contributed by atoms with E-state index < -0.39 is 0 Å². The first-order valence-corrected chi connectivity index (χ1v) is 13.7. The van der Waals surface area contributed by atoms with E-state index in [1.807, 2.05) is 36.0 Å². The van der Waals surface area contributed by atoms with E-state index in [-0.39, 0.29) is 12.0 Å². The van der Waals surface area contributed by atoms with Crippen molar-refractivity contribution in [3.8, 4) is 0 Å². The van der Waals surface area contributed by atoms with Crippen LogP contribution in [0, 0.1) is 5.41 Å². The van der Waals surface area contributed by atoms with E-state index in [9.17, 15) is 4.79 Å². The Labute approximate surface area is 206 Å². The van der Waals surface area contributed by atoms with E-state index >= 15 is 0 Å². The summed E-state index contributed by atoms with van der Waals surface area (Å²) in [5.74, 6) is 1.40. The molecule has 1 amide bonds. The quantitative estimate of drug-likeness (QED) is 0.616. The number of piperidine rings is 1. The lowest BCUT2D eigenvalue weighted by atomic mass is 9.93. The lowest BCUT2D eigenvalue weighted by Gasteiger charge is -2.35. The van der Waals surface area contributed by atoms with Crippen LogP contribution in [0.3, 0.4) is 0 Å².